The third kappa shape index (κ3) is 1.73. The fourth-order valence-electron chi connectivity index (χ4n) is 1.75. The molecule has 0 radical (unpaired) electrons. The maximum Gasteiger partial charge on any atom is 0.302 e. The molecule has 0 amide bonds. The van der Waals surface area contributed by atoms with Crippen molar-refractivity contribution in [3.8, 4) is 0 Å². The Hall–Kier alpha value is -1.99. The van der Waals surface area contributed by atoms with Crippen LogP contribution in [0.2, 0.25) is 0 Å². The van der Waals surface area contributed by atoms with E-state index in [1.807, 2.05) is 0 Å². The highest BCUT2D eigenvalue weighted by molar-refractivity contribution is 7.91. The number of benzene rings is 1. The fraction of sp³-hybridized carbons (Fsp3) is 0.0909. The molecule has 1 aromatic rings. The van der Waals surface area contributed by atoms with Crippen LogP contribution < -0.4 is 0 Å². The topological polar surface area (TPSA) is 97.7 Å². The van der Waals surface area contributed by atoms with Gasteiger partial charge in [-0.15, -0.1) is 0 Å². The average Bonchev–Trinajstić information content (AvgIpc) is 2.32. The van der Waals surface area contributed by atoms with Crippen molar-refractivity contribution in [2.45, 2.75) is 0 Å². The molecule has 7 heteroatoms. The van der Waals surface area contributed by atoms with E-state index >= 15 is 0 Å². The van der Waals surface area contributed by atoms with Crippen LogP contribution in [0, 0.1) is 0 Å². The first-order valence-corrected chi connectivity index (χ1v) is 6.26. The Balaban J connectivity index is 2.81. The van der Waals surface area contributed by atoms with Crippen molar-refractivity contribution in [2.24, 2.45) is 0 Å². The molecule has 0 aliphatic heterocycles. The Bertz CT molecular complexity index is 683. The average molecular weight is 268 g/mol. The minimum absolute atomic E-state index is 0.0479. The number of rotatable bonds is 2. The number of allylic oxidation sites excluding steroid dienone is 2. The van der Waals surface area contributed by atoms with E-state index in [9.17, 15) is 18.0 Å². The van der Waals surface area contributed by atoms with Crippen molar-refractivity contribution in [1.82, 2.24) is 0 Å². The lowest BCUT2D eigenvalue weighted by atomic mass is 9.93. The van der Waals surface area contributed by atoms with E-state index in [2.05, 4.69) is 4.74 Å². The molecule has 0 unspecified atom stereocenters. The van der Waals surface area contributed by atoms with Gasteiger partial charge in [-0.1, -0.05) is 24.3 Å². The largest absolute Gasteiger partial charge is 0.491 e. The first-order chi connectivity index (χ1) is 8.38. The molecule has 1 aromatic carbocycles. The second kappa shape index (κ2) is 4.04. The first-order valence-electron chi connectivity index (χ1n) is 4.82. The highest BCUT2D eigenvalue weighted by Crippen LogP contribution is 2.29. The van der Waals surface area contributed by atoms with Gasteiger partial charge in [0.2, 0.25) is 11.6 Å². The van der Waals surface area contributed by atoms with Gasteiger partial charge in [0.15, 0.2) is 10.7 Å². The molecule has 18 heavy (non-hydrogen) atoms. The van der Waals surface area contributed by atoms with Gasteiger partial charge < -0.3 is 4.74 Å². The van der Waals surface area contributed by atoms with Crippen molar-refractivity contribution in [3.05, 3.63) is 46.1 Å². The Morgan fingerprint density at radius 3 is 2.00 bits per heavy atom. The number of Topliss-reactive ketones (excluding diaryl/α,β-unsaturated/α-hetero) is 2. The number of carbonyl (C=O) groups is 2. The van der Waals surface area contributed by atoms with Gasteiger partial charge in [0.05, 0.1) is 7.11 Å². The maximum atomic E-state index is 11.9. The van der Waals surface area contributed by atoms with Gasteiger partial charge in [-0.2, -0.15) is 8.42 Å². The number of ketones is 2. The van der Waals surface area contributed by atoms with Crippen molar-refractivity contribution in [3.63, 3.8) is 0 Å². The maximum absolute atomic E-state index is 11.9. The summed E-state index contributed by atoms with van der Waals surface area (Å²) in [5, 5.41) is 0. The van der Waals surface area contributed by atoms with Crippen LogP contribution in [0.25, 0.3) is 0 Å². The van der Waals surface area contributed by atoms with E-state index in [1.165, 1.54) is 24.3 Å². The summed E-state index contributed by atoms with van der Waals surface area (Å²) in [6.07, 6.45) is 0. The number of carbonyl (C=O) groups excluding carboxylic acids is 2. The summed E-state index contributed by atoms with van der Waals surface area (Å²) in [5.41, 5.74) is -0.0253. The van der Waals surface area contributed by atoms with Crippen LogP contribution in [0.4, 0.5) is 0 Å². The minimum atomic E-state index is -4.83. The number of hydrogen-bond donors (Lipinski definition) is 1. The number of fused-ring (bicyclic) bond motifs is 1. The van der Waals surface area contributed by atoms with Crippen LogP contribution in [0.3, 0.4) is 0 Å². The van der Waals surface area contributed by atoms with Gasteiger partial charge in [-0.25, -0.2) is 0 Å². The van der Waals surface area contributed by atoms with Crippen molar-refractivity contribution < 1.29 is 27.3 Å². The molecule has 1 aliphatic rings. The highest BCUT2D eigenvalue weighted by Gasteiger charge is 2.39. The molecule has 6 nitrogen and oxygen atoms in total. The van der Waals surface area contributed by atoms with E-state index < -0.39 is 32.3 Å². The van der Waals surface area contributed by atoms with E-state index in [4.69, 9.17) is 4.55 Å². The summed E-state index contributed by atoms with van der Waals surface area (Å²) in [7, 11) is -3.77. The van der Waals surface area contributed by atoms with E-state index in [1.54, 1.807) is 0 Å². The molecule has 0 aromatic heterocycles. The van der Waals surface area contributed by atoms with Crippen molar-refractivity contribution in [2.75, 3.05) is 7.11 Å². The van der Waals surface area contributed by atoms with Crippen LogP contribution in [0.5, 0.6) is 0 Å². The summed E-state index contributed by atoms with van der Waals surface area (Å²) in [4.78, 5) is 22.9. The third-order valence-electron chi connectivity index (χ3n) is 2.50. The SMILES string of the molecule is COC1=C(S(=O)(=O)O)C(=O)c2ccccc2C1=O. The molecular formula is C11H8O6S. The van der Waals surface area contributed by atoms with Crippen LogP contribution >= 0.6 is 0 Å². The number of hydrogen-bond acceptors (Lipinski definition) is 5. The Kier molecular flexibility index (Phi) is 2.80. The predicted octanol–water partition coefficient (Wildman–Crippen LogP) is 0.811. The van der Waals surface area contributed by atoms with Gasteiger partial charge in [-0.3, -0.25) is 14.1 Å². The Morgan fingerprint density at radius 1 is 1.06 bits per heavy atom. The smallest absolute Gasteiger partial charge is 0.302 e. The summed E-state index contributed by atoms with van der Waals surface area (Å²) >= 11 is 0. The van der Waals surface area contributed by atoms with Crippen molar-refractivity contribution in [1.29, 1.82) is 0 Å². The zero-order valence-corrected chi connectivity index (χ0v) is 10.0. The molecule has 0 atom stereocenters. The standard InChI is InChI=1S/C11H8O6S/c1-17-10-8(12)6-4-2-3-5-7(6)9(13)11(10)18(14,15)16/h2-5H,1H3,(H,14,15,16). The summed E-state index contributed by atoms with van der Waals surface area (Å²) < 4.78 is 36.0. The molecule has 1 N–H and O–H groups in total. The Labute approximate surface area is 103 Å². The highest BCUT2D eigenvalue weighted by atomic mass is 32.2. The van der Waals surface area contributed by atoms with E-state index in [0.29, 0.717) is 0 Å². The monoisotopic (exact) mass is 268 g/mol. The zero-order valence-electron chi connectivity index (χ0n) is 9.21. The molecule has 2 rings (SSSR count). The fourth-order valence-corrected chi connectivity index (χ4v) is 2.50. The van der Waals surface area contributed by atoms with Crippen molar-refractivity contribution >= 4 is 21.7 Å². The molecule has 1 aliphatic carbocycles. The van der Waals surface area contributed by atoms with Gasteiger partial charge >= 0.3 is 10.1 Å². The normalized spacial score (nSPS) is 15.7. The molecule has 94 valence electrons. The van der Waals surface area contributed by atoms with Crippen LogP contribution in [0.15, 0.2) is 34.9 Å². The lowest BCUT2D eigenvalue weighted by Gasteiger charge is -2.17. The summed E-state index contributed by atoms with van der Waals surface area (Å²) in [6, 6.07) is 5.72. The van der Waals surface area contributed by atoms with Crippen LogP contribution in [0.1, 0.15) is 20.7 Å². The second-order valence-electron chi connectivity index (χ2n) is 3.54. The lowest BCUT2D eigenvalue weighted by molar-refractivity contribution is 0.0911. The quantitative estimate of drug-likeness (QED) is 0.797. The molecular weight excluding hydrogens is 260 g/mol. The van der Waals surface area contributed by atoms with Crippen LogP contribution in [-0.2, 0) is 14.9 Å². The third-order valence-corrected chi connectivity index (χ3v) is 3.38. The molecule has 0 saturated heterocycles. The minimum Gasteiger partial charge on any atom is -0.491 e. The van der Waals surface area contributed by atoms with Gasteiger partial charge in [0, 0.05) is 11.1 Å². The van der Waals surface area contributed by atoms with E-state index in [0.717, 1.165) is 7.11 Å². The van der Waals surface area contributed by atoms with Gasteiger partial charge in [0.25, 0.3) is 0 Å². The van der Waals surface area contributed by atoms with E-state index in [-0.39, 0.29) is 11.1 Å². The molecule has 0 heterocycles. The number of methoxy groups -OCH3 is 1. The zero-order chi connectivity index (χ0) is 13.5. The first kappa shape index (κ1) is 12.5. The molecule has 0 saturated carbocycles. The summed E-state index contributed by atoms with van der Waals surface area (Å²) in [6.45, 7) is 0. The second-order valence-corrected chi connectivity index (χ2v) is 4.90. The Morgan fingerprint density at radius 2 is 1.56 bits per heavy atom. The predicted molar refractivity (Wildman–Crippen MR) is 60.7 cm³/mol. The lowest BCUT2D eigenvalue weighted by Crippen LogP contribution is -2.27. The van der Waals surface area contributed by atoms with Crippen LogP contribution in [-0.4, -0.2) is 31.6 Å². The molecule has 0 bridgehead atoms. The number of ether oxygens (including phenoxy) is 1. The van der Waals surface area contributed by atoms with Gasteiger partial charge in [-0.05, 0) is 0 Å². The molecule has 0 fully saturated rings. The summed E-state index contributed by atoms with van der Waals surface area (Å²) in [5.74, 6) is -2.37. The van der Waals surface area contributed by atoms with Gasteiger partial charge in [0.1, 0.15) is 0 Å². The molecule has 0 spiro atoms.